The minimum atomic E-state index is 0.470. The molecule has 0 aliphatic carbocycles. The summed E-state index contributed by atoms with van der Waals surface area (Å²) in [5, 5.41) is 9.29. The maximum atomic E-state index is 8.82. The highest BCUT2D eigenvalue weighted by molar-refractivity contribution is 7.99. The molecule has 0 bridgehead atoms. The number of methoxy groups -OCH3 is 1. The van der Waals surface area contributed by atoms with E-state index in [0.29, 0.717) is 10.6 Å². The van der Waals surface area contributed by atoms with Gasteiger partial charge in [-0.25, -0.2) is 0 Å². The van der Waals surface area contributed by atoms with Gasteiger partial charge in [0, 0.05) is 4.90 Å². The Kier molecular flexibility index (Phi) is 4.14. The van der Waals surface area contributed by atoms with Gasteiger partial charge in [-0.1, -0.05) is 35.5 Å². The standard InChI is InChI=1S/C14H10ClNOS/c1-17-13-4-2-3-5-14(13)18-11-7-6-10(9-16)12(15)8-11/h2-8H,1H3. The Morgan fingerprint density at radius 1 is 1.22 bits per heavy atom. The van der Waals surface area contributed by atoms with Gasteiger partial charge in [-0.3, -0.25) is 0 Å². The van der Waals surface area contributed by atoms with E-state index in [2.05, 4.69) is 0 Å². The molecule has 0 amide bonds. The average molecular weight is 276 g/mol. The zero-order valence-corrected chi connectivity index (χ0v) is 11.3. The van der Waals surface area contributed by atoms with Crippen LogP contribution in [0.3, 0.4) is 0 Å². The monoisotopic (exact) mass is 275 g/mol. The lowest BCUT2D eigenvalue weighted by atomic mass is 10.2. The van der Waals surface area contributed by atoms with Gasteiger partial charge >= 0.3 is 0 Å². The van der Waals surface area contributed by atoms with Crippen LogP contribution in [-0.4, -0.2) is 7.11 Å². The largest absolute Gasteiger partial charge is 0.496 e. The summed E-state index contributed by atoms with van der Waals surface area (Å²) in [5.74, 6) is 0.822. The number of rotatable bonds is 3. The molecule has 2 aromatic carbocycles. The van der Waals surface area contributed by atoms with Gasteiger partial charge in [-0.2, -0.15) is 5.26 Å². The van der Waals surface area contributed by atoms with E-state index in [-0.39, 0.29) is 0 Å². The van der Waals surface area contributed by atoms with Gasteiger partial charge in [0.1, 0.15) is 11.8 Å². The number of ether oxygens (including phenoxy) is 1. The van der Waals surface area contributed by atoms with Crippen molar-refractivity contribution >= 4 is 23.4 Å². The van der Waals surface area contributed by atoms with Gasteiger partial charge in [0.15, 0.2) is 0 Å². The molecule has 0 N–H and O–H groups in total. The number of halogens is 1. The van der Waals surface area contributed by atoms with Gasteiger partial charge in [0.05, 0.1) is 22.6 Å². The molecule has 2 nitrogen and oxygen atoms in total. The first-order chi connectivity index (χ1) is 8.74. The summed E-state index contributed by atoms with van der Waals surface area (Å²) in [6.07, 6.45) is 0. The minimum absolute atomic E-state index is 0.470. The van der Waals surface area contributed by atoms with Crippen molar-refractivity contribution in [1.29, 1.82) is 5.26 Å². The molecule has 0 saturated heterocycles. The summed E-state index contributed by atoms with van der Waals surface area (Å²) in [4.78, 5) is 1.99. The molecule has 0 unspecified atom stereocenters. The lowest BCUT2D eigenvalue weighted by Crippen LogP contribution is -1.85. The lowest BCUT2D eigenvalue weighted by Gasteiger charge is -2.08. The van der Waals surface area contributed by atoms with E-state index in [1.807, 2.05) is 36.4 Å². The second-order valence-electron chi connectivity index (χ2n) is 3.51. The maximum Gasteiger partial charge on any atom is 0.132 e. The molecule has 0 aliphatic heterocycles. The highest BCUT2D eigenvalue weighted by atomic mass is 35.5. The Bertz CT molecular complexity index is 607. The van der Waals surface area contributed by atoms with Crippen LogP contribution in [0.25, 0.3) is 0 Å². The van der Waals surface area contributed by atoms with Gasteiger partial charge in [-0.15, -0.1) is 0 Å². The SMILES string of the molecule is COc1ccccc1Sc1ccc(C#N)c(Cl)c1. The van der Waals surface area contributed by atoms with Crippen LogP contribution < -0.4 is 4.74 Å². The van der Waals surface area contributed by atoms with E-state index in [1.54, 1.807) is 31.0 Å². The molecule has 4 heteroatoms. The van der Waals surface area contributed by atoms with Crippen molar-refractivity contribution in [3.63, 3.8) is 0 Å². The molecule has 90 valence electrons. The highest BCUT2D eigenvalue weighted by Gasteiger charge is 2.06. The minimum Gasteiger partial charge on any atom is -0.496 e. The van der Waals surface area contributed by atoms with E-state index in [9.17, 15) is 0 Å². The first kappa shape index (κ1) is 12.8. The van der Waals surface area contributed by atoms with Crippen molar-refractivity contribution in [2.24, 2.45) is 0 Å². The normalized spacial score (nSPS) is 9.83. The van der Waals surface area contributed by atoms with Crippen LogP contribution in [0.4, 0.5) is 0 Å². The van der Waals surface area contributed by atoms with Crippen molar-refractivity contribution in [3.8, 4) is 11.8 Å². The molecule has 18 heavy (non-hydrogen) atoms. The third-order valence-electron chi connectivity index (χ3n) is 2.36. The van der Waals surface area contributed by atoms with E-state index in [4.69, 9.17) is 21.6 Å². The van der Waals surface area contributed by atoms with Gasteiger partial charge in [0.2, 0.25) is 0 Å². The smallest absolute Gasteiger partial charge is 0.132 e. The van der Waals surface area contributed by atoms with Crippen LogP contribution in [0.15, 0.2) is 52.3 Å². The van der Waals surface area contributed by atoms with Crippen molar-refractivity contribution in [2.45, 2.75) is 9.79 Å². The van der Waals surface area contributed by atoms with Crippen molar-refractivity contribution < 1.29 is 4.74 Å². The van der Waals surface area contributed by atoms with E-state index in [1.165, 1.54) is 0 Å². The molecule has 2 rings (SSSR count). The molecule has 0 saturated carbocycles. The van der Waals surface area contributed by atoms with Crippen molar-refractivity contribution in [3.05, 3.63) is 53.1 Å². The van der Waals surface area contributed by atoms with Crippen LogP contribution >= 0.6 is 23.4 Å². The summed E-state index contributed by atoms with van der Waals surface area (Å²) in [5.41, 5.74) is 0.487. The zero-order chi connectivity index (χ0) is 13.0. The van der Waals surface area contributed by atoms with E-state index in [0.717, 1.165) is 15.5 Å². The molecular formula is C14H10ClNOS. The Labute approximate surface area is 115 Å². The third-order valence-corrected chi connectivity index (χ3v) is 3.72. The molecule has 0 heterocycles. The van der Waals surface area contributed by atoms with Crippen LogP contribution in [0.1, 0.15) is 5.56 Å². The second-order valence-corrected chi connectivity index (χ2v) is 5.03. The Morgan fingerprint density at radius 3 is 2.67 bits per heavy atom. The molecule has 0 fully saturated rings. The number of nitrogens with zero attached hydrogens (tertiary/aromatic N) is 1. The highest BCUT2D eigenvalue weighted by Crippen LogP contribution is 2.36. The fraction of sp³-hybridized carbons (Fsp3) is 0.0714. The molecule has 0 radical (unpaired) electrons. The summed E-state index contributed by atoms with van der Waals surface area (Å²) in [6, 6.07) is 15.2. The van der Waals surface area contributed by atoms with E-state index < -0.39 is 0 Å². The van der Waals surface area contributed by atoms with Crippen LogP contribution in [0.5, 0.6) is 5.75 Å². The molecular weight excluding hydrogens is 266 g/mol. The first-order valence-electron chi connectivity index (χ1n) is 5.25. The number of hydrogen-bond acceptors (Lipinski definition) is 3. The number of benzene rings is 2. The van der Waals surface area contributed by atoms with Gasteiger partial charge in [0.25, 0.3) is 0 Å². The molecule has 0 aliphatic rings. The van der Waals surface area contributed by atoms with E-state index >= 15 is 0 Å². The summed E-state index contributed by atoms with van der Waals surface area (Å²) >= 11 is 7.56. The molecule has 0 atom stereocenters. The van der Waals surface area contributed by atoms with Crippen molar-refractivity contribution in [2.75, 3.05) is 7.11 Å². The number of hydrogen-bond donors (Lipinski definition) is 0. The topological polar surface area (TPSA) is 33.0 Å². The maximum absolute atomic E-state index is 8.82. The summed E-state index contributed by atoms with van der Waals surface area (Å²) in [6.45, 7) is 0. The fourth-order valence-corrected chi connectivity index (χ4v) is 2.73. The Balaban J connectivity index is 2.29. The predicted octanol–water partition coefficient (Wildman–Crippen LogP) is 4.37. The summed E-state index contributed by atoms with van der Waals surface area (Å²) in [7, 11) is 1.64. The molecule has 0 spiro atoms. The second kappa shape index (κ2) is 5.81. The number of nitriles is 1. The predicted molar refractivity (Wildman–Crippen MR) is 73.3 cm³/mol. The van der Waals surface area contributed by atoms with Crippen molar-refractivity contribution in [1.82, 2.24) is 0 Å². The first-order valence-corrected chi connectivity index (χ1v) is 6.44. The van der Waals surface area contributed by atoms with Gasteiger partial charge < -0.3 is 4.74 Å². The van der Waals surface area contributed by atoms with Crippen LogP contribution in [-0.2, 0) is 0 Å². The number of para-hydroxylation sites is 1. The van der Waals surface area contributed by atoms with Crippen LogP contribution in [0, 0.1) is 11.3 Å². The fourth-order valence-electron chi connectivity index (χ4n) is 1.48. The van der Waals surface area contributed by atoms with Crippen LogP contribution in [0.2, 0.25) is 5.02 Å². The Hall–Kier alpha value is -1.63. The lowest BCUT2D eigenvalue weighted by molar-refractivity contribution is 0.405. The molecule has 2 aromatic rings. The summed E-state index contributed by atoms with van der Waals surface area (Å²) < 4.78 is 5.29. The molecule has 0 aromatic heterocycles. The zero-order valence-electron chi connectivity index (χ0n) is 9.68. The third kappa shape index (κ3) is 2.79. The average Bonchev–Trinajstić information content (AvgIpc) is 2.39. The quantitative estimate of drug-likeness (QED) is 0.834. The van der Waals surface area contributed by atoms with Gasteiger partial charge in [-0.05, 0) is 30.3 Å². The Morgan fingerprint density at radius 2 is 2.00 bits per heavy atom.